The molecule has 0 fully saturated rings. The average molecular weight is 236 g/mol. The first kappa shape index (κ1) is 9.46. The second-order valence-corrected chi connectivity index (χ2v) is 3.60. The van der Waals surface area contributed by atoms with Crippen LogP contribution in [0.3, 0.4) is 0 Å². The molecule has 64 valence electrons. The van der Waals surface area contributed by atoms with Crippen molar-refractivity contribution >= 4 is 20.0 Å². The molecule has 0 atom stereocenters. The standard InChI is InChI=1S/C7H4AsF3O/c9-7(10,11)5-1-3-6(8-12)4-2-5/h1-4H. The van der Waals surface area contributed by atoms with Crippen LogP contribution in [0.15, 0.2) is 24.3 Å². The molecule has 1 aromatic rings. The van der Waals surface area contributed by atoms with Crippen LogP contribution in [0.5, 0.6) is 0 Å². The van der Waals surface area contributed by atoms with E-state index in [2.05, 4.69) is 0 Å². The zero-order valence-corrected chi connectivity index (χ0v) is 7.68. The maximum absolute atomic E-state index is 12.0. The summed E-state index contributed by atoms with van der Waals surface area (Å²) in [5, 5.41) is 0. The van der Waals surface area contributed by atoms with Gasteiger partial charge in [0.05, 0.1) is 0 Å². The molecule has 0 unspecified atom stereocenters. The molecule has 5 heteroatoms. The summed E-state index contributed by atoms with van der Waals surface area (Å²) in [6, 6.07) is 4.33. The van der Waals surface area contributed by atoms with Crippen LogP contribution in [0.1, 0.15) is 5.56 Å². The molecule has 0 aromatic heterocycles. The fourth-order valence-electron chi connectivity index (χ4n) is 0.711. The first-order valence-corrected chi connectivity index (χ1v) is 4.75. The van der Waals surface area contributed by atoms with Crippen LogP contribution in [0.25, 0.3) is 0 Å². The number of hydrogen-bond donors (Lipinski definition) is 0. The van der Waals surface area contributed by atoms with E-state index in [1.807, 2.05) is 0 Å². The molecule has 0 aliphatic rings. The molecular formula is C7H4AsF3O. The number of halogens is 3. The van der Waals surface area contributed by atoms with Gasteiger partial charge in [0.2, 0.25) is 0 Å². The number of alkyl halides is 3. The van der Waals surface area contributed by atoms with Gasteiger partial charge in [-0.05, 0) is 0 Å². The van der Waals surface area contributed by atoms with Crippen molar-refractivity contribution < 1.29 is 16.9 Å². The Morgan fingerprint density at radius 2 is 1.58 bits per heavy atom. The van der Waals surface area contributed by atoms with Gasteiger partial charge in [-0.2, -0.15) is 0 Å². The van der Waals surface area contributed by atoms with E-state index in [0.29, 0.717) is 4.35 Å². The molecule has 0 bridgehead atoms. The van der Waals surface area contributed by atoms with Crippen LogP contribution in [-0.2, 0) is 9.92 Å². The van der Waals surface area contributed by atoms with Crippen molar-refractivity contribution in [2.75, 3.05) is 0 Å². The molecule has 12 heavy (non-hydrogen) atoms. The first-order chi connectivity index (χ1) is 5.54. The van der Waals surface area contributed by atoms with Crippen molar-refractivity contribution in [2.24, 2.45) is 0 Å². The average Bonchev–Trinajstić information content (AvgIpc) is 2.03. The molecule has 0 radical (unpaired) electrons. The van der Waals surface area contributed by atoms with Crippen molar-refractivity contribution in [2.45, 2.75) is 6.18 Å². The van der Waals surface area contributed by atoms with E-state index in [0.717, 1.165) is 12.1 Å². The van der Waals surface area contributed by atoms with Gasteiger partial charge in [0.25, 0.3) is 0 Å². The molecule has 0 spiro atoms. The molecule has 0 heterocycles. The van der Waals surface area contributed by atoms with Crippen LogP contribution in [0.4, 0.5) is 13.2 Å². The van der Waals surface area contributed by atoms with E-state index in [4.69, 9.17) is 0 Å². The Bertz CT molecular complexity index is 278. The van der Waals surface area contributed by atoms with Crippen LogP contribution >= 0.6 is 0 Å². The molecule has 1 aromatic carbocycles. The second kappa shape index (κ2) is 3.40. The predicted octanol–water partition coefficient (Wildman–Crippen LogP) is 1.38. The van der Waals surface area contributed by atoms with Crippen molar-refractivity contribution in [1.29, 1.82) is 0 Å². The third-order valence-electron chi connectivity index (χ3n) is 1.30. The van der Waals surface area contributed by atoms with Gasteiger partial charge in [-0.15, -0.1) is 0 Å². The van der Waals surface area contributed by atoms with Crippen molar-refractivity contribution in [3.63, 3.8) is 0 Å². The van der Waals surface area contributed by atoms with Crippen molar-refractivity contribution in [1.82, 2.24) is 0 Å². The van der Waals surface area contributed by atoms with Gasteiger partial charge >= 0.3 is 73.0 Å². The molecule has 1 rings (SSSR count). The van der Waals surface area contributed by atoms with E-state index in [9.17, 15) is 16.9 Å². The summed E-state index contributed by atoms with van der Waals surface area (Å²) in [6.45, 7) is 0. The Kier molecular flexibility index (Phi) is 2.68. The maximum atomic E-state index is 12.0. The van der Waals surface area contributed by atoms with Crippen LogP contribution in [0, 0.1) is 0 Å². The van der Waals surface area contributed by atoms with E-state index in [1.165, 1.54) is 12.1 Å². The Labute approximate surface area is 73.5 Å². The minimum atomic E-state index is -4.31. The molecule has 0 saturated carbocycles. The zero-order chi connectivity index (χ0) is 9.19. The van der Waals surface area contributed by atoms with Crippen LogP contribution in [0.2, 0.25) is 0 Å². The van der Waals surface area contributed by atoms with E-state index in [1.54, 1.807) is 0 Å². The summed E-state index contributed by atoms with van der Waals surface area (Å²) in [4.78, 5) is 0. The van der Waals surface area contributed by atoms with E-state index in [-0.39, 0.29) is 0 Å². The monoisotopic (exact) mass is 236 g/mol. The van der Waals surface area contributed by atoms with E-state index >= 15 is 0 Å². The van der Waals surface area contributed by atoms with Crippen LogP contribution in [-0.4, -0.2) is 15.7 Å². The van der Waals surface area contributed by atoms with Gasteiger partial charge < -0.3 is 0 Å². The molecular weight excluding hydrogens is 232 g/mol. The summed E-state index contributed by atoms with van der Waals surface area (Å²) >= 11 is -1.23. The van der Waals surface area contributed by atoms with Crippen molar-refractivity contribution in [3.8, 4) is 0 Å². The predicted molar refractivity (Wildman–Crippen MR) is 37.5 cm³/mol. The first-order valence-electron chi connectivity index (χ1n) is 3.04. The quantitative estimate of drug-likeness (QED) is 0.673. The van der Waals surface area contributed by atoms with E-state index < -0.39 is 27.4 Å². The third kappa shape index (κ3) is 2.17. The van der Waals surface area contributed by atoms with Gasteiger partial charge in [0.1, 0.15) is 0 Å². The molecule has 0 N–H and O–H groups in total. The van der Waals surface area contributed by atoms with Gasteiger partial charge in [-0.1, -0.05) is 0 Å². The Balaban J connectivity index is 3.00. The summed E-state index contributed by atoms with van der Waals surface area (Å²) in [5.74, 6) is 0. The fraction of sp³-hybridized carbons (Fsp3) is 0.143. The number of hydrogen-bond acceptors (Lipinski definition) is 1. The molecule has 0 amide bonds. The van der Waals surface area contributed by atoms with Gasteiger partial charge in [-0.3, -0.25) is 0 Å². The normalized spacial score (nSPS) is 11.9. The SMILES string of the molecule is O=[As]c1ccc(C(F)(F)F)cc1. The molecule has 0 aliphatic heterocycles. The summed E-state index contributed by atoms with van der Waals surface area (Å²) in [5.41, 5.74) is -0.708. The summed E-state index contributed by atoms with van der Waals surface area (Å²) < 4.78 is 46.6. The van der Waals surface area contributed by atoms with Crippen LogP contribution < -0.4 is 4.35 Å². The Morgan fingerprint density at radius 1 is 1.08 bits per heavy atom. The Hall–Kier alpha value is -0.632. The fourth-order valence-corrected chi connectivity index (χ4v) is 1.28. The zero-order valence-electron chi connectivity index (χ0n) is 5.80. The van der Waals surface area contributed by atoms with Gasteiger partial charge in [0.15, 0.2) is 0 Å². The minimum absolute atomic E-state index is 0.458. The molecule has 1 nitrogen and oxygen atoms in total. The number of rotatable bonds is 1. The molecule has 0 aliphatic carbocycles. The molecule has 0 saturated heterocycles. The van der Waals surface area contributed by atoms with Gasteiger partial charge in [-0.25, -0.2) is 0 Å². The summed E-state index contributed by atoms with van der Waals surface area (Å²) in [6.07, 6.45) is -4.31. The topological polar surface area (TPSA) is 17.1 Å². The Morgan fingerprint density at radius 3 is 1.92 bits per heavy atom. The second-order valence-electron chi connectivity index (χ2n) is 2.14. The number of benzene rings is 1. The summed E-state index contributed by atoms with van der Waals surface area (Å²) in [7, 11) is 0. The third-order valence-corrected chi connectivity index (χ3v) is 2.37. The van der Waals surface area contributed by atoms with Crippen molar-refractivity contribution in [3.05, 3.63) is 29.8 Å². The van der Waals surface area contributed by atoms with Gasteiger partial charge in [0, 0.05) is 0 Å².